The number of aromatic nitrogens is 2. The van der Waals surface area contributed by atoms with Crippen LogP contribution in [0.3, 0.4) is 0 Å². The number of carbonyl (C=O) groups is 1. The standard InChI is InChI=1S/C13H14F2N2O2/c1-4-19-12(18)13(2,3)11-16-9-5-7(14)8(15)6-10(9)17-11/h5-6H,4H2,1-3H3,(H,16,17). The van der Waals surface area contributed by atoms with E-state index in [1.807, 2.05) is 0 Å². The number of esters is 1. The van der Waals surface area contributed by atoms with Crippen LogP contribution in [0.4, 0.5) is 8.78 Å². The number of fused-ring (bicyclic) bond motifs is 1. The second kappa shape index (κ2) is 4.60. The summed E-state index contributed by atoms with van der Waals surface area (Å²) in [4.78, 5) is 18.8. The third kappa shape index (κ3) is 2.30. The summed E-state index contributed by atoms with van der Waals surface area (Å²) in [6.45, 7) is 5.23. The summed E-state index contributed by atoms with van der Waals surface area (Å²) in [5.74, 6) is -2.07. The van der Waals surface area contributed by atoms with Crippen LogP contribution in [-0.2, 0) is 14.9 Å². The molecule has 19 heavy (non-hydrogen) atoms. The number of hydrogen-bond donors (Lipinski definition) is 1. The second-order valence-corrected chi connectivity index (χ2v) is 4.71. The number of carbonyl (C=O) groups excluding carboxylic acids is 1. The number of halogens is 2. The van der Waals surface area contributed by atoms with Gasteiger partial charge in [0.2, 0.25) is 0 Å². The predicted molar refractivity (Wildman–Crippen MR) is 65.7 cm³/mol. The Morgan fingerprint density at radius 1 is 1.37 bits per heavy atom. The van der Waals surface area contributed by atoms with Gasteiger partial charge in [-0.1, -0.05) is 0 Å². The minimum absolute atomic E-state index is 0.256. The second-order valence-electron chi connectivity index (χ2n) is 4.71. The first kappa shape index (κ1) is 13.5. The molecule has 1 aromatic heterocycles. The predicted octanol–water partition coefficient (Wildman–Crippen LogP) is 2.68. The number of nitrogens with zero attached hydrogens (tertiary/aromatic N) is 1. The number of hydrogen-bond acceptors (Lipinski definition) is 3. The molecule has 0 radical (unpaired) electrons. The molecule has 6 heteroatoms. The van der Waals surface area contributed by atoms with Gasteiger partial charge in [0.25, 0.3) is 0 Å². The third-order valence-corrected chi connectivity index (χ3v) is 2.90. The van der Waals surface area contributed by atoms with Crippen molar-refractivity contribution >= 4 is 17.0 Å². The Bertz CT molecular complexity index is 596. The molecule has 0 spiro atoms. The largest absolute Gasteiger partial charge is 0.465 e. The molecular weight excluding hydrogens is 254 g/mol. The maximum Gasteiger partial charge on any atom is 0.319 e. The van der Waals surface area contributed by atoms with E-state index in [-0.39, 0.29) is 12.1 Å². The molecule has 1 aromatic carbocycles. The van der Waals surface area contributed by atoms with Crippen LogP contribution in [0.5, 0.6) is 0 Å². The maximum atomic E-state index is 13.1. The molecule has 0 saturated carbocycles. The Labute approximate surface area is 108 Å². The molecule has 2 rings (SSSR count). The Hall–Kier alpha value is -1.98. The summed E-state index contributed by atoms with van der Waals surface area (Å²) >= 11 is 0. The highest BCUT2D eigenvalue weighted by atomic mass is 19.2. The van der Waals surface area contributed by atoms with Crippen molar-refractivity contribution in [1.82, 2.24) is 9.97 Å². The highest BCUT2D eigenvalue weighted by Gasteiger charge is 2.34. The molecule has 1 heterocycles. The number of benzene rings is 1. The van der Waals surface area contributed by atoms with Gasteiger partial charge in [0.1, 0.15) is 11.2 Å². The first-order valence-corrected chi connectivity index (χ1v) is 5.88. The highest BCUT2D eigenvalue weighted by Crippen LogP contribution is 2.25. The molecule has 0 aliphatic heterocycles. The molecule has 0 atom stereocenters. The zero-order chi connectivity index (χ0) is 14.2. The first-order chi connectivity index (χ1) is 8.86. The monoisotopic (exact) mass is 268 g/mol. The quantitative estimate of drug-likeness (QED) is 0.871. The first-order valence-electron chi connectivity index (χ1n) is 5.88. The summed E-state index contributed by atoms with van der Waals surface area (Å²) in [5, 5.41) is 0. The van der Waals surface area contributed by atoms with Crippen molar-refractivity contribution in [3.63, 3.8) is 0 Å². The van der Waals surface area contributed by atoms with E-state index in [2.05, 4.69) is 9.97 Å². The normalized spacial score (nSPS) is 11.8. The molecule has 0 saturated heterocycles. The van der Waals surface area contributed by atoms with Crippen molar-refractivity contribution in [1.29, 1.82) is 0 Å². The molecule has 0 bridgehead atoms. The lowest BCUT2D eigenvalue weighted by Crippen LogP contribution is -2.32. The fourth-order valence-corrected chi connectivity index (χ4v) is 1.71. The van der Waals surface area contributed by atoms with Crippen molar-refractivity contribution in [3.8, 4) is 0 Å². The van der Waals surface area contributed by atoms with Crippen LogP contribution < -0.4 is 0 Å². The van der Waals surface area contributed by atoms with Crippen LogP contribution in [0.15, 0.2) is 12.1 Å². The topological polar surface area (TPSA) is 55.0 Å². The number of imidazole rings is 1. The molecule has 0 fully saturated rings. The lowest BCUT2D eigenvalue weighted by atomic mass is 9.93. The van der Waals surface area contributed by atoms with E-state index in [1.165, 1.54) is 0 Å². The van der Waals surface area contributed by atoms with Gasteiger partial charge in [-0.05, 0) is 20.8 Å². The Morgan fingerprint density at radius 2 is 2.00 bits per heavy atom. The molecule has 0 aliphatic carbocycles. The van der Waals surface area contributed by atoms with Gasteiger partial charge in [-0.15, -0.1) is 0 Å². The minimum Gasteiger partial charge on any atom is -0.465 e. The summed E-state index contributed by atoms with van der Waals surface area (Å²) in [5.41, 5.74) is -0.403. The molecule has 0 unspecified atom stereocenters. The average Bonchev–Trinajstić information content (AvgIpc) is 2.73. The zero-order valence-electron chi connectivity index (χ0n) is 10.9. The summed E-state index contributed by atoms with van der Waals surface area (Å²) < 4.78 is 31.2. The molecule has 102 valence electrons. The number of ether oxygens (including phenoxy) is 1. The van der Waals surface area contributed by atoms with Crippen LogP contribution in [0.1, 0.15) is 26.6 Å². The molecule has 2 aromatic rings. The SMILES string of the molecule is CCOC(=O)C(C)(C)c1nc2cc(F)c(F)cc2[nH]1. The third-order valence-electron chi connectivity index (χ3n) is 2.90. The van der Waals surface area contributed by atoms with Gasteiger partial charge in [0, 0.05) is 12.1 Å². The van der Waals surface area contributed by atoms with E-state index in [9.17, 15) is 13.6 Å². The fraction of sp³-hybridized carbons (Fsp3) is 0.385. The van der Waals surface area contributed by atoms with E-state index < -0.39 is 23.0 Å². The number of nitrogens with one attached hydrogen (secondary N) is 1. The van der Waals surface area contributed by atoms with Gasteiger partial charge >= 0.3 is 5.97 Å². The van der Waals surface area contributed by atoms with Crippen molar-refractivity contribution in [2.75, 3.05) is 6.61 Å². The van der Waals surface area contributed by atoms with Crippen LogP contribution in [-0.4, -0.2) is 22.5 Å². The van der Waals surface area contributed by atoms with Gasteiger partial charge in [-0.25, -0.2) is 13.8 Å². The number of H-pyrrole nitrogens is 1. The minimum atomic E-state index is -1.01. The lowest BCUT2D eigenvalue weighted by Gasteiger charge is -2.19. The molecule has 0 aliphatic rings. The van der Waals surface area contributed by atoms with E-state index in [4.69, 9.17) is 4.74 Å². The zero-order valence-corrected chi connectivity index (χ0v) is 10.9. The van der Waals surface area contributed by atoms with Gasteiger partial charge in [-0.3, -0.25) is 4.79 Å². The Kier molecular flexibility index (Phi) is 3.26. The Morgan fingerprint density at radius 3 is 2.63 bits per heavy atom. The van der Waals surface area contributed by atoms with Crippen molar-refractivity contribution < 1.29 is 18.3 Å². The van der Waals surface area contributed by atoms with E-state index >= 15 is 0 Å². The van der Waals surface area contributed by atoms with E-state index in [0.29, 0.717) is 11.3 Å². The van der Waals surface area contributed by atoms with Crippen molar-refractivity contribution in [2.45, 2.75) is 26.2 Å². The molecular formula is C13H14F2N2O2. The number of aromatic amines is 1. The van der Waals surface area contributed by atoms with Gasteiger partial charge in [-0.2, -0.15) is 0 Å². The average molecular weight is 268 g/mol. The van der Waals surface area contributed by atoms with E-state index in [1.54, 1.807) is 20.8 Å². The molecule has 4 nitrogen and oxygen atoms in total. The van der Waals surface area contributed by atoms with Crippen LogP contribution in [0, 0.1) is 11.6 Å². The smallest absolute Gasteiger partial charge is 0.319 e. The summed E-state index contributed by atoms with van der Waals surface area (Å²) in [7, 11) is 0. The van der Waals surface area contributed by atoms with Crippen LogP contribution in [0.25, 0.3) is 11.0 Å². The van der Waals surface area contributed by atoms with Crippen LogP contribution >= 0.6 is 0 Å². The maximum absolute atomic E-state index is 13.1. The van der Waals surface area contributed by atoms with Gasteiger partial charge < -0.3 is 9.72 Å². The fourth-order valence-electron chi connectivity index (χ4n) is 1.71. The molecule has 1 N–H and O–H groups in total. The summed E-state index contributed by atoms with van der Waals surface area (Å²) in [6, 6.07) is 2.01. The van der Waals surface area contributed by atoms with E-state index in [0.717, 1.165) is 12.1 Å². The number of rotatable bonds is 3. The highest BCUT2D eigenvalue weighted by molar-refractivity contribution is 5.83. The van der Waals surface area contributed by atoms with Crippen molar-refractivity contribution in [2.24, 2.45) is 0 Å². The van der Waals surface area contributed by atoms with Gasteiger partial charge in [0.05, 0.1) is 17.6 Å². The molecule has 0 amide bonds. The summed E-state index contributed by atoms with van der Waals surface area (Å²) in [6.07, 6.45) is 0. The Balaban J connectivity index is 2.48. The lowest BCUT2D eigenvalue weighted by molar-refractivity contribution is -0.149. The van der Waals surface area contributed by atoms with Crippen molar-refractivity contribution in [3.05, 3.63) is 29.6 Å². The van der Waals surface area contributed by atoms with Gasteiger partial charge in [0.15, 0.2) is 11.6 Å². The van der Waals surface area contributed by atoms with Crippen LogP contribution in [0.2, 0.25) is 0 Å².